The third kappa shape index (κ3) is 4.42. The van der Waals surface area contributed by atoms with E-state index in [0.29, 0.717) is 17.5 Å². The third-order valence-corrected chi connectivity index (χ3v) is 5.47. The lowest BCUT2D eigenvalue weighted by atomic mass is 9.87. The third-order valence-electron chi connectivity index (χ3n) is 3.85. The van der Waals surface area contributed by atoms with Gasteiger partial charge in [0, 0.05) is 17.8 Å². The topological polar surface area (TPSA) is 21.3 Å². The molecule has 1 heterocycles. The number of methoxy groups -OCH3 is 1. The van der Waals surface area contributed by atoms with Crippen LogP contribution in [-0.2, 0) is 6.42 Å². The summed E-state index contributed by atoms with van der Waals surface area (Å²) in [6.07, 6.45) is 2.29. The molecule has 0 bridgehead atoms. The van der Waals surface area contributed by atoms with E-state index in [2.05, 4.69) is 50.0 Å². The van der Waals surface area contributed by atoms with Gasteiger partial charge in [-0.2, -0.15) is 11.8 Å². The van der Waals surface area contributed by atoms with Gasteiger partial charge in [0.15, 0.2) is 0 Å². The second-order valence-electron chi connectivity index (χ2n) is 6.66. The van der Waals surface area contributed by atoms with E-state index in [-0.39, 0.29) is 0 Å². The number of ether oxygens (including phenoxy) is 1. The first-order chi connectivity index (χ1) is 9.50. The van der Waals surface area contributed by atoms with Crippen LogP contribution in [0.5, 0.6) is 5.75 Å². The maximum Gasteiger partial charge on any atom is 0.122 e. The molecule has 0 radical (unpaired) electrons. The highest BCUT2D eigenvalue weighted by molar-refractivity contribution is 7.99. The Balaban J connectivity index is 1.90. The summed E-state index contributed by atoms with van der Waals surface area (Å²) >= 11 is 2.08. The van der Waals surface area contributed by atoms with E-state index in [1.54, 1.807) is 7.11 Å². The first-order valence-electron chi connectivity index (χ1n) is 7.46. The highest BCUT2D eigenvalue weighted by Crippen LogP contribution is 2.33. The van der Waals surface area contributed by atoms with Crippen LogP contribution in [0.4, 0.5) is 0 Å². The van der Waals surface area contributed by atoms with Crippen molar-refractivity contribution in [3.8, 4) is 5.75 Å². The van der Waals surface area contributed by atoms with E-state index >= 15 is 0 Å². The second-order valence-corrected chi connectivity index (χ2v) is 7.69. The van der Waals surface area contributed by atoms with Crippen LogP contribution in [0.25, 0.3) is 0 Å². The van der Waals surface area contributed by atoms with Crippen LogP contribution < -0.4 is 10.1 Å². The van der Waals surface area contributed by atoms with Gasteiger partial charge in [0.05, 0.1) is 7.11 Å². The Morgan fingerprint density at radius 1 is 1.40 bits per heavy atom. The number of rotatable bonds is 5. The zero-order valence-electron chi connectivity index (χ0n) is 13.1. The average molecular weight is 293 g/mol. The maximum atomic E-state index is 5.44. The number of nitrogens with one attached hydrogen (secondary N) is 1. The summed E-state index contributed by atoms with van der Waals surface area (Å²) in [5.74, 6) is 3.52. The molecule has 112 valence electrons. The minimum Gasteiger partial charge on any atom is -0.496 e. The van der Waals surface area contributed by atoms with E-state index in [0.717, 1.165) is 12.2 Å². The van der Waals surface area contributed by atoms with Gasteiger partial charge in [0.1, 0.15) is 5.75 Å². The molecule has 2 unspecified atom stereocenters. The first kappa shape index (κ1) is 15.7. The standard InChI is InChI=1S/C17H27NOS/c1-13(9-14-7-5-6-8-16(14)19-4)18-15-10-17(2,3)12-20-11-15/h5-8,13,15,18H,9-12H2,1-4H3. The van der Waals surface area contributed by atoms with E-state index in [9.17, 15) is 0 Å². The predicted octanol–water partition coefficient (Wildman–Crippen LogP) is 3.75. The minimum atomic E-state index is 0.463. The van der Waals surface area contributed by atoms with E-state index < -0.39 is 0 Å². The highest BCUT2D eigenvalue weighted by Gasteiger charge is 2.29. The molecule has 3 heteroatoms. The van der Waals surface area contributed by atoms with Gasteiger partial charge in [-0.15, -0.1) is 0 Å². The summed E-state index contributed by atoms with van der Waals surface area (Å²) in [6.45, 7) is 7.02. The van der Waals surface area contributed by atoms with Gasteiger partial charge in [-0.05, 0) is 42.6 Å². The van der Waals surface area contributed by atoms with Crippen molar-refractivity contribution in [2.24, 2.45) is 5.41 Å². The molecule has 1 saturated heterocycles. The molecule has 1 N–H and O–H groups in total. The fourth-order valence-electron chi connectivity index (χ4n) is 3.03. The minimum absolute atomic E-state index is 0.463. The number of para-hydroxylation sites is 1. The van der Waals surface area contributed by atoms with Crippen LogP contribution in [0.3, 0.4) is 0 Å². The molecular weight excluding hydrogens is 266 g/mol. The lowest BCUT2D eigenvalue weighted by molar-refractivity contribution is 0.302. The van der Waals surface area contributed by atoms with E-state index in [4.69, 9.17) is 4.74 Å². The van der Waals surface area contributed by atoms with Crippen molar-refractivity contribution in [3.05, 3.63) is 29.8 Å². The summed E-state index contributed by atoms with van der Waals surface area (Å²) in [5, 5.41) is 3.80. The smallest absolute Gasteiger partial charge is 0.122 e. The van der Waals surface area contributed by atoms with Gasteiger partial charge in [-0.3, -0.25) is 0 Å². The molecule has 1 aromatic rings. The van der Waals surface area contributed by atoms with Crippen molar-refractivity contribution in [3.63, 3.8) is 0 Å². The Labute approximate surface area is 127 Å². The summed E-state index contributed by atoms with van der Waals surface area (Å²) in [5.41, 5.74) is 1.75. The first-order valence-corrected chi connectivity index (χ1v) is 8.61. The van der Waals surface area contributed by atoms with Crippen molar-refractivity contribution < 1.29 is 4.74 Å². The zero-order chi connectivity index (χ0) is 14.6. The van der Waals surface area contributed by atoms with Crippen LogP contribution >= 0.6 is 11.8 Å². The van der Waals surface area contributed by atoms with Gasteiger partial charge < -0.3 is 10.1 Å². The predicted molar refractivity (Wildman–Crippen MR) is 88.8 cm³/mol. The number of hydrogen-bond acceptors (Lipinski definition) is 3. The number of hydrogen-bond donors (Lipinski definition) is 1. The number of thioether (sulfide) groups is 1. The molecule has 0 saturated carbocycles. The van der Waals surface area contributed by atoms with E-state index in [1.807, 2.05) is 12.1 Å². The van der Waals surface area contributed by atoms with Crippen LogP contribution in [0.1, 0.15) is 32.8 Å². The molecule has 0 aromatic heterocycles. The van der Waals surface area contributed by atoms with Gasteiger partial charge in [0.2, 0.25) is 0 Å². The summed E-state index contributed by atoms with van der Waals surface area (Å²) in [6, 6.07) is 9.43. The van der Waals surface area contributed by atoms with E-state index in [1.165, 1.54) is 23.5 Å². The SMILES string of the molecule is COc1ccccc1CC(C)NC1CSCC(C)(C)C1. The molecule has 1 fully saturated rings. The normalized spacial score (nSPS) is 23.3. The van der Waals surface area contributed by atoms with Gasteiger partial charge in [0.25, 0.3) is 0 Å². The van der Waals surface area contributed by atoms with Crippen LogP contribution in [0, 0.1) is 5.41 Å². The number of benzene rings is 1. The monoisotopic (exact) mass is 293 g/mol. The molecule has 2 rings (SSSR count). The Bertz CT molecular complexity index is 433. The largest absolute Gasteiger partial charge is 0.496 e. The quantitative estimate of drug-likeness (QED) is 0.893. The fraction of sp³-hybridized carbons (Fsp3) is 0.647. The molecule has 2 atom stereocenters. The summed E-state index contributed by atoms with van der Waals surface area (Å²) < 4.78 is 5.44. The van der Waals surface area contributed by atoms with Crippen molar-refractivity contribution >= 4 is 11.8 Å². The van der Waals surface area contributed by atoms with Gasteiger partial charge in [-0.1, -0.05) is 32.0 Å². The molecular formula is C17H27NOS. The molecule has 1 aliphatic rings. The van der Waals surface area contributed by atoms with Crippen LogP contribution in [-0.4, -0.2) is 30.7 Å². The Kier molecular flexibility index (Phi) is 5.39. The lowest BCUT2D eigenvalue weighted by Crippen LogP contribution is -2.45. The fourth-order valence-corrected chi connectivity index (χ4v) is 4.32. The zero-order valence-corrected chi connectivity index (χ0v) is 13.9. The maximum absolute atomic E-state index is 5.44. The Morgan fingerprint density at radius 3 is 2.85 bits per heavy atom. The second kappa shape index (κ2) is 6.86. The van der Waals surface area contributed by atoms with Crippen molar-refractivity contribution in [1.29, 1.82) is 0 Å². The van der Waals surface area contributed by atoms with Crippen LogP contribution in [0.2, 0.25) is 0 Å². The van der Waals surface area contributed by atoms with Crippen molar-refractivity contribution in [2.75, 3.05) is 18.6 Å². The molecule has 1 aromatic carbocycles. The van der Waals surface area contributed by atoms with Crippen molar-refractivity contribution in [1.82, 2.24) is 5.32 Å². The van der Waals surface area contributed by atoms with Gasteiger partial charge >= 0.3 is 0 Å². The summed E-state index contributed by atoms with van der Waals surface area (Å²) in [4.78, 5) is 0. The van der Waals surface area contributed by atoms with Gasteiger partial charge in [-0.25, -0.2) is 0 Å². The average Bonchev–Trinajstić information content (AvgIpc) is 2.38. The molecule has 0 spiro atoms. The molecule has 2 nitrogen and oxygen atoms in total. The Hall–Kier alpha value is -0.670. The Morgan fingerprint density at radius 2 is 2.15 bits per heavy atom. The van der Waals surface area contributed by atoms with Crippen LogP contribution in [0.15, 0.2) is 24.3 Å². The van der Waals surface area contributed by atoms with Crippen molar-refractivity contribution in [2.45, 2.75) is 45.7 Å². The molecule has 0 aliphatic carbocycles. The lowest BCUT2D eigenvalue weighted by Gasteiger charge is -2.36. The highest BCUT2D eigenvalue weighted by atomic mass is 32.2. The summed E-state index contributed by atoms with van der Waals surface area (Å²) in [7, 11) is 1.75. The molecule has 0 amide bonds. The molecule has 1 aliphatic heterocycles. The molecule has 20 heavy (non-hydrogen) atoms.